The van der Waals surface area contributed by atoms with E-state index in [9.17, 15) is 13.2 Å². The number of aryl methyl sites for hydroxylation is 3. The normalized spacial score (nSPS) is 11.2. The minimum absolute atomic E-state index is 0.219. The molecular formula is C19H19N3O4S. The van der Waals surface area contributed by atoms with Crippen molar-refractivity contribution in [2.24, 2.45) is 0 Å². The van der Waals surface area contributed by atoms with Gasteiger partial charge in [-0.3, -0.25) is 9.52 Å². The van der Waals surface area contributed by atoms with E-state index in [-0.39, 0.29) is 10.8 Å². The van der Waals surface area contributed by atoms with Crippen LogP contribution in [0.3, 0.4) is 0 Å². The standard InChI is InChI=1S/C19H19N3O4S/c1-12-7-8-13(2)18(9-12)27(24,25)22-16-6-4-5-15(10-16)21-19(23)17-11-20-26-14(17)3/h4-11,22H,1-3H3,(H,21,23). The predicted molar refractivity (Wildman–Crippen MR) is 102 cm³/mol. The highest BCUT2D eigenvalue weighted by Crippen LogP contribution is 2.23. The van der Waals surface area contributed by atoms with Gasteiger partial charge in [-0.25, -0.2) is 8.42 Å². The maximum Gasteiger partial charge on any atom is 0.262 e. The summed E-state index contributed by atoms with van der Waals surface area (Å²) < 4.78 is 32.9. The number of nitrogens with one attached hydrogen (secondary N) is 2. The number of aromatic nitrogens is 1. The van der Waals surface area contributed by atoms with Crippen molar-refractivity contribution in [1.29, 1.82) is 0 Å². The Hall–Kier alpha value is -3.13. The Morgan fingerprint density at radius 2 is 1.78 bits per heavy atom. The largest absolute Gasteiger partial charge is 0.361 e. The quantitative estimate of drug-likeness (QED) is 0.698. The molecule has 0 saturated carbocycles. The van der Waals surface area contributed by atoms with Crippen LogP contribution in [0, 0.1) is 20.8 Å². The zero-order valence-electron chi connectivity index (χ0n) is 15.1. The van der Waals surface area contributed by atoms with Crippen LogP contribution in [-0.4, -0.2) is 19.5 Å². The van der Waals surface area contributed by atoms with Gasteiger partial charge in [0.25, 0.3) is 15.9 Å². The van der Waals surface area contributed by atoms with Crippen molar-refractivity contribution < 1.29 is 17.7 Å². The second kappa shape index (κ2) is 7.24. The summed E-state index contributed by atoms with van der Waals surface area (Å²) in [6, 6.07) is 11.7. The number of benzene rings is 2. The summed E-state index contributed by atoms with van der Waals surface area (Å²) in [7, 11) is -3.75. The molecule has 3 aromatic rings. The highest BCUT2D eigenvalue weighted by Gasteiger charge is 2.18. The van der Waals surface area contributed by atoms with Crippen LogP contribution in [0.5, 0.6) is 0 Å². The van der Waals surface area contributed by atoms with Crippen LogP contribution in [0.2, 0.25) is 0 Å². The molecule has 0 spiro atoms. The third-order valence-corrected chi connectivity index (χ3v) is 5.52. The number of rotatable bonds is 5. The summed E-state index contributed by atoms with van der Waals surface area (Å²) in [6.45, 7) is 5.21. The summed E-state index contributed by atoms with van der Waals surface area (Å²) in [5.41, 5.74) is 2.61. The third kappa shape index (κ3) is 4.17. The molecule has 2 N–H and O–H groups in total. The number of anilines is 2. The minimum Gasteiger partial charge on any atom is -0.361 e. The molecule has 1 heterocycles. The van der Waals surface area contributed by atoms with Gasteiger partial charge in [-0.05, 0) is 56.2 Å². The lowest BCUT2D eigenvalue weighted by Gasteiger charge is -2.12. The SMILES string of the molecule is Cc1ccc(C)c(S(=O)(=O)Nc2cccc(NC(=O)c3cnoc3C)c2)c1. The van der Waals surface area contributed by atoms with E-state index in [4.69, 9.17) is 4.52 Å². The number of amides is 1. The first-order valence-electron chi connectivity index (χ1n) is 8.19. The van der Waals surface area contributed by atoms with Gasteiger partial charge in [-0.15, -0.1) is 0 Å². The van der Waals surface area contributed by atoms with E-state index in [0.29, 0.717) is 28.3 Å². The minimum atomic E-state index is -3.75. The van der Waals surface area contributed by atoms with E-state index in [0.717, 1.165) is 5.56 Å². The molecule has 8 heteroatoms. The molecule has 7 nitrogen and oxygen atoms in total. The molecule has 0 radical (unpaired) electrons. The number of carbonyl (C=O) groups is 1. The number of sulfonamides is 1. The Morgan fingerprint density at radius 3 is 2.48 bits per heavy atom. The average Bonchev–Trinajstić information content (AvgIpc) is 3.03. The first-order chi connectivity index (χ1) is 12.8. The van der Waals surface area contributed by atoms with E-state index < -0.39 is 10.0 Å². The maximum absolute atomic E-state index is 12.7. The molecule has 0 aliphatic heterocycles. The third-order valence-electron chi connectivity index (χ3n) is 4.00. The molecule has 0 aliphatic carbocycles. The van der Waals surface area contributed by atoms with Gasteiger partial charge in [0.2, 0.25) is 0 Å². The first-order valence-corrected chi connectivity index (χ1v) is 9.67. The highest BCUT2D eigenvalue weighted by molar-refractivity contribution is 7.92. The van der Waals surface area contributed by atoms with Gasteiger partial charge in [-0.1, -0.05) is 23.4 Å². The second-order valence-electron chi connectivity index (χ2n) is 6.21. The van der Waals surface area contributed by atoms with Crippen LogP contribution < -0.4 is 10.0 Å². The van der Waals surface area contributed by atoms with Gasteiger partial charge in [0.15, 0.2) is 0 Å². The number of nitrogens with zero attached hydrogens (tertiary/aromatic N) is 1. The predicted octanol–water partition coefficient (Wildman–Crippen LogP) is 3.65. The molecule has 0 atom stereocenters. The van der Waals surface area contributed by atoms with E-state index in [1.54, 1.807) is 50.2 Å². The van der Waals surface area contributed by atoms with Crippen molar-refractivity contribution in [2.45, 2.75) is 25.7 Å². The van der Waals surface area contributed by atoms with Crippen LogP contribution in [0.4, 0.5) is 11.4 Å². The lowest BCUT2D eigenvalue weighted by molar-refractivity contribution is 0.102. The number of hydrogen-bond acceptors (Lipinski definition) is 5. The second-order valence-corrected chi connectivity index (χ2v) is 7.86. The lowest BCUT2D eigenvalue weighted by Crippen LogP contribution is -2.15. The Balaban J connectivity index is 1.82. The van der Waals surface area contributed by atoms with Gasteiger partial charge >= 0.3 is 0 Å². The van der Waals surface area contributed by atoms with Gasteiger partial charge in [0, 0.05) is 5.69 Å². The van der Waals surface area contributed by atoms with E-state index in [2.05, 4.69) is 15.2 Å². The monoisotopic (exact) mass is 385 g/mol. The van der Waals surface area contributed by atoms with E-state index in [1.807, 2.05) is 13.0 Å². The molecule has 3 rings (SSSR count). The van der Waals surface area contributed by atoms with Crippen LogP contribution >= 0.6 is 0 Å². The molecule has 0 fully saturated rings. The zero-order chi connectivity index (χ0) is 19.6. The average molecular weight is 385 g/mol. The molecule has 0 bridgehead atoms. The van der Waals surface area contributed by atoms with Crippen molar-refractivity contribution in [1.82, 2.24) is 5.16 Å². The lowest BCUT2D eigenvalue weighted by atomic mass is 10.2. The van der Waals surface area contributed by atoms with Crippen molar-refractivity contribution in [3.05, 3.63) is 71.1 Å². The molecule has 27 heavy (non-hydrogen) atoms. The van der Waals surface area contributed by atoms with Crippen LogP contribution in [0.1, 0.15) is 27.2 Å². The van der Waals surface area contributed by atoms with Crippen LogP contribution in [0.25, 0.3) is 0 Å². The summed E-state index contributed by atoms with van der Waals surface area (Å²) in [4.78, 5) is 12.5. The molecule has 1 amide bonds. The van der Waals surface area contributed by atoms with Crippen LogP contribution in [-0.2, 0) is 10.0 Å². The molecule has 1 aromatic heterocycles. The van der Waals surface area contributed by atoms with Gasteiger partial charge in [0.05, 0.1) is 16.8 Å². The Morgan fingerprint density at radius 1 is 1.04 bits per heavy atom. The van der Waals surface area contributed by atoms with Gasteiger partial charge < -0.3 is 9.84 Å². The van der Waals surface area contributed by atoms with E-state index >= 15 is 0 Å². The number of hydrogen-bond donors (Lipinski definition) is 2. The Bertz CT molecular complexity index is 1100. The summed E-state index contributed by atoms with van der Waals surface area (Å²) >= 11 is 0. The first kappa shape index (κ1) is 18.7. The van der Waals surface area contributed by atoms with E-state index in [1.165, 1.54) is 6.20 Å². The zero-order valence-corrected chi connectivity index (χ0v) is 15.9. The molecule has 2 aromatic carbocycles. The van der Waals surface area contributed by atoms with Crippen molar-refractivity contribution in [3.63, 3.8) is 0 Å². The fraction of sp³-hybridized carbons (Fsp3) is 0.158. The maximum atomic E-state index is 12.7. The van der Waals surface area contributed by atoms with Gasteiger partial charge in [0.1, 0.15) is 11.3 Å². The molecule has 0 aliphatic rings. The fourth-order valence-corrected chi connectivity index (χ4v) is 3.96. The smallest absolute Gasteiger partial charge is 0.262 e. The Labute approximate surface area is 157 Å². The Kier molecular flexibility index (Phi) is 5.00. The summed E-state index contributed by atoms with van der Waals surface area (Å²) in [5.74, 6) is 0.0163. The van der Waals surface area contributed by atoms with Crippen LogP contribution in [0.15, 0.2) is 58.1 Å². The van der Waals surface area contributed by atoms with Crippen molar-refractivity contribution in [2.75, 3.05) is 10.0 Å². The highest BCUT2D eigenvalue weighted by atomic mass is 32.2. The summed E-state index contributed by atoms with van der Waals surface area (Å²) in [6.07, 6.45) is 1.33. The molecular weight excluding hydrogens is 366 g/mol. The van der Waals surface area contributed by atoms with Crippen molar-refractivity contribution in [3.8, 4) is 0 Å². The summed E-state index contributed by atoms with van der Waals surface area (Å²) in [5, 5.41) is 6.27. The van der Waals surface area contributed by atoms with Crippen molar-refractivity contribution >= 4 is 27.3 Å². The molecule has 0 saturated heterocycles. The topological polar surface area (TPSA) is 101 Å². The molecule has 0 unspecified atom stereocenters. The fourth-order valence-electron chi connectivity index (χ4n) is 2.58. The number of carbonyl (C=O) groups excluding carboxylic acids is 1. The molecule has 140 valence electrons. The van der Waals surface area contributed by atoms with Gasteiger partial charge in [-0.2, -0.15) is 0 Å².